The molecule has 2 rings (SSSR count). The second-order valence-corrected chi connectivity index (χ2v) is 4.95. The van der Waals surface area contributed by atoms with Crippen LogP contribution in [0, 0.1) is 11.3 Å². The predicted octanol–water partition coefficient (Wildman–Crippen LogP) is 2.03. The fourth-order valence-electron chi connectivity index (χ4n) is 2.33. The maximum Gasteiger partial charge on any atom is 0.329 e. The van der Waals surface area contributed by atoms with Crippen LogP contribution in [0.3, 0.4) is 0 Å². The Morgan fingerprint density at radius 3 is 2.60 bits per heavy atom. The summed E-state index contributed by atoms with van der Waals surface area (Å²) in [6, 6.07) is 7.97. The third kappa shape index (κ3) is 2.43. The van der Waals surface area contributed by atoms with Gasteiger partial charge in [-0.05, 0) is 44.0 Å². The molecule has 1 aromatic rings. The van der Waals surface area contributed by atoms with Crippen molar-refractivity contribution in [1.29, 1.82) is 5.26 Å². The molecule has 1 aliphatic heterocycles. The zero-order chi connectivity index (χ0) is 14.8. The molecule has 0 spiro atoms. The molecule has 0 saturated carbocycles. The van der Waals surface area contributed by atoms with Crippen molar-refractivity contribution in [2.75, 3.05) is 11.9 Å². The topological polar surface area (TPSA) is 93.4 Å². The number of hydrogen-bond donors (Lipinski definition) is 2. The monoisotopic (exact) mass is 273 g/mol. The van der Waals surface area contributed by atoms with Gasteiger partial charge in [0.2, 0.25) is 0 Å². The number of rotatable bonds is 2. The third-order valence-corrected chi connectivity index (χ3v) is 3.61. The van der Waals surface area contributed by atoms with Gasteiger partial charge >= 0.3 is 12.0 Å². The number of benzene rings is 1. The number of carbonyl (C=O) groups excluding carboxylic acids is 1. The largest absolute Gasteiger partial charge is 0.480 e. The number of hydrogen-bond acceptors (Lipinski definition) is 3. The normalized spacial score (nSPS) is 21.3. The number of carboxylic acids is 1. The summed E-state index contributed by atoms with van der Waals surface area (Å²) in [5, 5.41) is 20.6. The van der Waals surface area contributed by atoms with E-state index < -0.39 is 17.5 Å². The van der Waals surface area contributed by atoms with Gasteiger partial charge in [-0.3, -0.25) is 0 Å². The minimum Gasteiger partial charge on any atom is -0.480 e. The molecular formula is C14H15N3O3. The van der Waals surface area contributed by atoms with Crippen molar-refractivity contribution in [3.8, 4) is 6.07 Å². The molecule has 1 aromatic carbocycles. The van der Waals surface area contributed by atoms with Gasteiger partial charge in [-0.1, -0.05) is 0 Å². The van der Waals surface area contributed by atoms with Crippen molar-refractivity contribution < 1.29 is 14.7 Å². The number of likely N-dealkylation sites (tertiary alicyclic amines) is 1. The summed E-state index contributed by atoms with van der Waals surface area (Å²) in [5.74, 6) is -0.995. The van der Waals surface area contributed by atoms with E-state index >= 15 is 0 Å². The fraction of sp³-hybridized carbons (Fsp3) is 0.357. The van der Waals surface area contributed by atoms with Crippen LogP contribution in [0.25, 0.3) is 0 Å². The van der Waals surface area contributed by atoms with Gasteiger partial charge in [-0.15, -0.1) is 0 Å². The second kappa shape index (κ2) is 5.21. The molecule has 104 valence electrons. The first-order valence-corrected chi connectivity index (χ1v) is 6.29. The second-order valence-electron chi connectivity index (χ2n) is 4.95. The Morgan fingerprint density at radius 2 is 2.05 bits per heavy atom. The maximum absolute atomic E-state index is 12.2. The van der Waals surface area contributed by atoms with Gasteiger partial charge < -0.3 is 15.3 Å². The number of nitriles is 1. The molecule has 1 saturated heterocycles. The van der Waals surface area contributed by atoms with Crippen LogP contribution in [0.15, 0.2) is 24.3 Å². The van der Waals surface area contributed by atoms with E-state index in [1.807, 2.05) is 6.07 Å². The number of anilines is 1. The molecule has 1 unspecified atom stereocenters. The molecule has 2 N–H and O–H groups in total. The van der Waals surface area contributed by atoms with Gasteiger partial charge in [-0.2, -0.15) is 5.26 Å². The smallest absolute Gasteiger partial charge is 0.329 e. The lowest BCUT2D eigenvalue weighted by Crippen LogP contribution is -2.52. The molecule has 1 fully saturated rings. The van der Waals surface area contributed by atoms with Crippen molar-refractivity contribution in [3.63, 3.8) is 0 Å². The zero-order valence-electron chi connectivity index (χ0n) is 11.1. The van der Waals surface area contributed by atoms with Crippen molar-refractivity contribution in [2.24, 2.45) is 0 Å². The summed E-state index contributed by atoms with van der Waals surface area (Å²) in [6.45, 7) is 1.98. The highest BCUT2D eigenvalue weighted by Crippen LogP contribution is 2.29. The summed E-state index contributed by atoms with van der Waals surface area (Å²) in [5.41, 5.74) is -0.121. The highest BCUT2D eigenvalue weighted by molar-refractivity contribution is 5.94. The molecule has 0 radical (unpaired) electrons. The molecule has 0 bridgehead atoms. The Hall–Kier alpha value is -2.55. The summed E-state index contributed by atoms with van der Waals surface area (Å²) in [6.07, 6.45) is 1.12. The summed E-state index contributed by atoms with van der Waals surface area (Å²) < 4.78 is 0. The van der Waals surface area contributed by atoms with E-state index in [4.69, 9.17) is 5.26 Å². The van der Waals surface area contributed by atoms with Crippen molar-refractivity contribution in [1.82, 2.24) is 4.90 Å². The van der Waals surface area contributed by atoms with E-state index in [0.717, 1.165) is 0 Å². The number of carboxylic acid groups (broad SMARTS) is 1. The van der Waals surface area contributed by atoms with Crippen LogP contribution < -0.4 is 5.32 Å². The van der Waals surface area contributed by atoms with Gasteiger partial charge in [-0.25, -0.2) is 9.59 Å². The van der Waals surface area contributed by atoms with Crippen LogP contribution >= 0.6 is 0 Å². The summed E-state index contributed by atoms with van der Waals surface area (Å²) in [7, 11) is 0. The molecular weight excluding hydrogens is 258 g/mol. The summed E-state index contributed by atoms with van der Waals surface area (Å²) >= 11 is 0. The van der Waals surface area contributed by atoms with Crippen molar-refractivity contribution in [2.45, 2.75) is 25.3 Å². The number of aliphatic carboxylic acids is 1. The molecule has 0 aliphatic carbocycles. The van der Waals surface area contributed by atoms with E-state index in [0.29, 0.717) is 30.6 Å². The number of carbonyl (C=O) groups is 2. The van der Waals surface area contributed by atoms with Crippen molar-refractivity contribution in [3.05, 3.63) is 29.8 Å². The highest BCUT2D eigenvalue weighted by atomic mass is 16.4. The lowest BCUT2D eigenvalue weighted by molar-refractivity contribution is -0.146. The van der Waals surface area contributed by atoms with Crippen LogP contribution in [0.5, 0.6) is 0 Å². The molecule has 6 nitrogen and oxygen atoms in total. The Morgan fingerprint density at radius 1 is 1.40 bits per heavy atom. The van der Waals surface area contributed by atoms with Gasteiger partial charge in [0, 0.05) is 12.2 Å². The standard InChI is InChI=1S/C14H15N3O3/c1-14(12(18)19)7-2-8-17(14)13(20)16-11-5-3-10(9-15)4-6-11/h3-6H,2,7-8H2,1H3,(H,16,20)(H,18,19). The Kier molecular flexibility index (Phi) is 3.61. The highest BCUT2D eigenvalue weighted by Gasteiger charge is 2.45. The van der Waals surface area contributed by atoms with E-state index in [9.17, 15) is 14.7 Å². The van der Waals surface area contributed by atoms with Crippen LogP contribution in [0.1, 0.15) is 25.3 Å². The number of nitrogens with one attached hydrogen (secondary N) is 1. The minimum atomic E-state index is -1.16. The molecule has 0 aromatic heterocycles. The Labute approximate surface area is 116 Å². The Balaban J connectivity index is 2.11. The van der Waals surface area contributed by atoms with E-state index in [1.165, 1.54) is 4.90 Å². The Bertz CT molecular complexity index is 576. The van der Waals surface area contributed by atoms with E-state index in [-0.39, 0.29) is 0 Å². The van der Waals surface area contributed by atoms with Crippen LogP contribution in [0.2, 0.25) is 0 Å². The van der Waals surface area contributed by atoms with E-state index in [2.05, 4.69) is 5.32 Å². The van der Waals surface area contributed by atoms with Crippen molar-refractivity contribution >= 4 is 17.7 Å². The maximum atomic E-state index is 12.2. The minimum absolute atomic E-state index is 0.422. The van der Waals surface area contributed by atoms with Gasteiger partial charge in [0.25, 0.3) is 0 Å². The molecule has 1 atom stereocenters. The average Bonchev–Trinajstić information content (AvgIpc) is 2.83. The summed E-state index contributed by atoms with van der Waals surface area (Å²) in [4.78, 5) is 24.8. The third-order valence-electron chi connectivity index (χ3n) is 3.61. The molecule has 2 amide bonds. The van der Waals surface area contributed by atoms with Gasteiger partial charge in [0.15, 0.2) is 0 Å². The SMILES string of the molecule is CC1(C(=O)O)CCCN1C(=O)Nc1ccc(C#N)cc1. The molecule has 1 aliphatic rings. The molecule has 6 heteroatoms. The first kappa shape index (κ1) is 13.9. The lowest BCUT2D eigenvalue weighted by atomic mass is 10.00. The van der Waals surface area contributed by atoms with Crippen LogP contribution in [0.4, 0.5) is 10.5 Å². The number of amides is 2. The van der Waals surface area contributed by atoms with Gasteiger partial charge in [0.1, 0.15) is 5.54 Å². The number of nitrogens with zero attached hydrogens (tertiary/aromatic N) is 2. The zero-order valence-corrected chi connectivity index (χ0v) is 11.1. The first-order chi connectivity index (χ1) is 9.47. The fourth-order valence-corrected chi connectivity index (χ4v) is 2.33. The van der Waals surface area contributed by atoms with Crippen LogP contribution in [-0.4, -0.2) is 34.1 Å². The molecule has 1 heterocycles. The molecule has 20 heavy (non-hydrogen) atoms. The lowest BCUT2D eigenvalue weighted by Gasteiger charge is -2.31. The number of urea groups is 1. The van der Waals surface area contributed by atoms with Gasteiger partial charge in [0.05, 0.1) is 11.6 Å². The van der Waals surface area contributed by atoms with E-state index in [1.54, 1.807) is 31.2 Å². The quantitative estimate of drug-likeness (QED) is 0.862. The first-order valence-electron chi connectivity index (χ1n) is 6.29. The average molecular weight is 273 g/mol. The predicted molar refractivity (Wildman–Crippen MR) is 72.2 cm³/mol. The van der Waals surface area contributed by atoms with Crippen LogP contribution in [-0.2, 0) is 4.79 Å².